The zero-order valence-electron chi connectivity index (χ0n) is 32.1. The van der Waals surface area contributed by atoms with Gasteiger partial charge in [0.05, 0.1) is 29.9 Å². The number of thioether (sulfide) groups is 1. The van der Waals surface area contributed by atoms with Crippen molar-refractivity contribution in [3.8, 4) is 22.6 Å². The number of ether oxygens (including phenoxy) is 3. The molecule has 0 spiro atoms. The van der Waals surface area contributed by atoms with E-state index in [1.807, 2.05) is 127 Å². The van der Waals surface area contributed by atoms with E-state index >= 15 is 0 Å². The standard InChI is InChI=1S/C49H38N2O8S/c52-28-31-18-20-35(21-19-31)43-41(32-10-4-1-5-11-32)40(29-60-49-51-42(33-12-6-2-7-13-33)44(58-49)34-14-8-3-9-15-34)56-48(57-43)36-22-16-30(17-23-36)27-50-45(53)37-24-25-38-39(26-37)47(55)59-46(38)54/h1-26,40-41,43,48,52H,27-29H2,(H,50,53)/t40-,41-,43+,48?/m1/s1. The smallest absolute Gasteiger partial charge is 0.346 e. The number of esters is 2. The van der Waals surface area contributed by atoms with Crippen LogP contribution < -0.4 is 5.32 Å². The van der Waals surface area contributed by atoms with Crippen molar-refractivity contribution in [2.45, 2.75) is 42.8 Å². The summed E-state index contributed by atoms with van der Waals surface area (Å²) in [5.74, 6) is -0.911. The van der Waals surface area contributed by atoms with E-state index in [4.69, 9.17) is 18.9 Å². The van der Waals surface area contributed by atoms with E-state index < -0.39 is 30.2 Å². The summed E-state index contributed by atoms with van der Waals surface area (Å²) in [6.45, 7) is 0.147. The molecule has 2 aliphatic rings. The number of nitrogens with zero attached hydrogens (tertiary/aromatic N) is 1. The number of carbonyl (C=O) groups is 3. The second kappa shape index (κ2) is 17.3. The molecule has 1 fully saturated rings. The van der Waals surface area contributed by atoms with E-state index in [0.717, 1.165) is 44.6 Å². The van der Waals surface area contributed by atoms with Gasteiger partial charge in [0.25, 0.3) is 11.1 Å². The Morgan fingerprint density at radius 2 is 1.30 bits per heavy atom. The third-order valence-corrected chi connectivity index (χ3v) is 11.6. The largest absolute Gasteiger partial charge is 0.431 e. The Bertz CT molecular complexity index is 2580. The third kappa shape index (κ3) is 8.16. The van der Waals surface area contributed by atoms with E-state index in [-0.39, 0.29) is 41.9 Å². The van der Waals surface area contributed by atoms with Crippen molar-refractivity contribution >= 4 is 29.6 Å². The first kappa shape index (κ1) is 38.9. The molecule has 4 atom stereocenters. The molecule has 3 heterocycles. The molecule has 0 radical (unpaired) electrons. The van der Waals surface area contributed by atoms with Gasteiger partial charge in [0.15, 0.2) is 12.1 Å². The number of oxazole rings is 1. The molecule has 1 unspecified atom stereocenters. The van der Waals surface area contributed by atoms with Gasteiger partial charge in [-0.25, -0.2) is 14.6 Å². The molecule has 2 N–H and O–H groups in total. The Kier molecular flexibility index (Phi) is 11.2. The molecule has 1 amide bonds. The molecule has 10 nitrogen and oxygen atoms in total. The summed E-state index contributed by atoms with van der Waals surface area (Å²) in [4.78, 5) is 41.9. The van der Waals surface area contributed by atoms with Crippen molar-refractivity contribution in [3.63, 3.8) is 0 Å². The number of aromatic nitrogens is 1. The van der Waals surface area contributed by atoms with E-state index in [1.54, 1.807) is 0 Å². The number of benzene rings is 6. The van der Waals surface area contributed by atoms with Gasteiger partial charge in [0.2, 0.25) is 0 Å². The fraction of sp³-hybridized carbons (Fsp3) is 0.143. The second-order valence-electron chi connectivity index (χ2n) is 14.5. The highest BCUT2D eigenvalue weighted by atomic mass is 32.2. The number of amides is 1. The summed E-state index contributed by atoms with van der Waals surface area (Å²) >= 11 is 1.49. The van der Waals surface area contributed by atoms with Crippen molar-refractivity contribution in [3.05, 3.63) is 202 Å². The van der Waals surface area contributed by atoms with E-state index in [1.165, 1.54) is 30.0 Å². The van der Waals surface area contributed by atoms with E-state index in [2.05, 4.69) is 22.2 Å². The Labute approximate surface area is 350 Å². The number of aliphatic hydroxyl groups is 1. The number of hydrogen-bond donors (Lipinski definition) is 2. The maximum atomic E-state index is 13.0. The minimum Gasteiger partial charge on any atom is -0.431 e. The maximum Gasteiger partial charge on any atom is 0.346 e. The lowest BCUT2D eigenvalue weighted by molar-refractivity contribution is -0.255. The first-order chi connectivity index (χ1) is 29.4. The van der Waals surface area contributed by atoms with Crippen LogP contribution in [0, 0.1) is 0 Å². The summed E-state index contributed by atoms with van der Waals surface area (Å²) in [5.41, 5.74) is 7.54. The predicted molar refractivity (Wildman–Crippen MR) is 225 cm³/mol. The molecule has 298 valence electrons. The molecule has 9 rings (SSSR count). The van der Waals surface area contributed by atoms with Crippen LogP contribution in [-0.4, -0.2) is 39.8 Å². The quantitative estimate of drug-likeness (QED) is 0.0697. The van der Waals surface area contributed by atoms with Crippen LogP contribution in [0.4, 0.5) is 0 Å². The first-order valence-corrected chi connectivity index (χ1v) is 20.5. The number of nitrogens with one attached hydrogen (secondary N) is 1. The van der Waals surface area contributed by atoms with Crippen molar-refractivity contribution in [2.75, 3.05) is 5.75 Å². The van der Waals surface area contributed by atoms with Gasteiger partial charge in [0.1, 0.15) is 5.69 Å². The molecule has 7 aromatic rings. The van der Waals surface area contributed by atoms with Crippen molar-refractivity contribution in [2.24, 2.45) is 0 Å². The van der Waals surface area contributed by atoms with Crippen LogP contribution in [0.2, 0.25) is 0 Å². The predicted octanol–water partition coefficient (Wildman–Crippen LogP) is 9.47. The van der Waals surface area contributed by atoms with Crippen LogP contribution in [0.15, 0.2) is 167 Å². The Balaban J connectivity index is 0.991. The molecule has 0 saturated carbocycles. The summed E-state index contributed by atoms with van der Waals surface area (Å²) in [7, 11) is 0. The number of cyclic esters (lactones) is 2. The molecule has 6 aromatic carbocycles. The summed E-state index contributed by atoms with van der Waals surface area (Å²) in [5, 5.41) is 13.2. The highest BCUT2D eigenvalue weighted by Gasteiger charge is 2.42. The fourth-order valence-electron chi connectivity index (χ4n) is 7.55. The number of carbonyl (C=O) groups excluding carboxylic acids is 3. The lowest BCUT2D eigenvalue weighted by Crippen LogP contribution is -2.38. The second-order valence-corrected chi connectivity index (χ2v) is 15.4. The van der Waals surface area contributed by atoms with Crippen LogP contribution in [0.5, 0.6) is 0 Å². The highest BCUT2D eigenvalue weighted by Crippen LogP contribution is 2.48. The number of rotatable bonds is 12. The van der Waals surface area contributed by atoms with Crippen LogP contribution in [0.3, 0.4) is 0 Å². The normalized spacial score (nSPS) is 18.5. The molecule has 0 bridgehead atoms. The van der Waals surface area contributed by atoms with Crippen molar-refractivity contribution in [1.82, 2.24) is 10.3 Å². The molecule has 1 aromatic heterocycles. The summed E-state index contributed by atoms with van der Waals surface area (Å²) in [6, 6.07) is 49.9. The zero-order chi connectivity index (χ0) is 41.0. The van der Waals surface area contributed by atoms with Crippen molar-refractivity contribution in [1.29, 1.82) is 0 Å². The van der Waals surface area contributed by atoms with Crippen LogP contribution in [-0.2, 0) is 27.4 Å². The zero-order valence-corrected chi connectivity index (χ0v) is 32.9. The molecule has 60 heavy (non-hydrogen) atoms. The van der Waals surface area contributed by atoms with E-state index in [9.17, 15) is 19.5 Å². The average molecular weight is 815 g/mol. The van der Waals surface area contributed by atoms with Gasteiger partial charge in [-0.15, -0.1) is 0 Å². The Hall–Kier alpha value is -6.63. The summed E-state index contributed by atoms with van der Waals surface area (Å²) in [6.07, 6.45) is -1.54. The lowest BCUT2D eigenvalue weighted by atomic mass is 9.84. The van der Waals surface area contributed by atoms with Gasteiger partial charge in [-0.2, -0.15) is 0 Å². The monoisotopic (exact) mass is 814 g/mol. The minimum absolute atomic E-state index is 0.0687. The van der Waals surface area contributed by atoms with Crippen LogP contribution >= 0.6 is 11.8 Å². The van der Waals surface area contributed by atoms with Gasteiger partial charge in [-0.05, 0) is 40.5 Å². The molecule has 1 saturated heterocycles. The first-order valence-electron chi connectivity index (χ1n) is 19.5. The minimum atomic E-state index is -0.764. The molecular formula is C49H38N2O8S. The number of hydrogen-bond acceptors (Lipinski definition) is 10. The Morgan fingerprint density at radius 3 is 2.00 bits per heavy atom. The molecular weight excluding hydrogens is 777 g/mol. The van der Waals surface area contributed by atoms with Gasteiger partial charge in [0, 0.05) is 40.5 Å². The van der Waals surface area contributed by atoms with Gasteiger partial charge in [-0.1, -0.05) is 151 Å². The third-order valence-electron chi connectivity index (χ3n) is 10.6. The fourth-order valence-corrected chi connectivity index (χ4v) is 8.44. The van der Waals surface area contributed by atoms with Gasteiger partial charge < -0.3 is 29.1 Å². The molecule has 11 heteroatoms. The number of aliphatic hydroxyl groups excluding tert-OH is 1. The summed E-state index contributed by atoms with van der Waals surface area (Å²) < 4.78 is 25.0. The van der Waals surface area contributed by atoms with Gasteiger partial charge >= 0.3 is 11.9 Å². The molecule has 0 aliphatic carbocycles. The van der Waals surface area contributed by atoms with E-state index in [0.29, 0.717) is 16.7 Å². The maximum absolute atomic E-state index is 13.0. The van der Waals surface area contributed by atoms with Crippen molar-refractivity contribution < 1.29 is 38.1 Å². The van der Waals surface area contributed by atoms with Gasteiger partial charge in [-0.3, -0.25) is 4.79 Å². The van der Waals surface area contributed by atoms with Crippen LogP contribution in [0.25, 0.3) is 22.6 Å². The topological polar surface area (TPSA) is 137 Å². The molecule has 2 aliphatic heterocycles. The highest BCUT2D eigenvalue weighted by molar-refractivity contribution is 7.99. The Morgan fingerprint density at radius 1 is 0.667 bits per heavy atom. The van der Waals surface area contributed by atoms with Crippen LogP contribution in [0.1, 0.15) is 77.2 Å². The number of fused-ring (bicyclic) bond motifs is 1. The SMILES string of the molecule is O=C(NCc1ccc(C2O[C@H](CSc3nc(-c4ccccc4)c(-c4ccccc4)o3)[C@@H](c3ccccc3)[C@H](c3ccc(CO)cc3)O2)cc1)c1ccc2c(c1)C(=O)OC2=O. The average Bonchev–Trinajstić information content (AvgIpc) is 3.87. The lowest BCUT2D eigenvalue weighted by Gasteiger charge is -2.43.